The van der Waals surface area contributed by atoms with E-state index in [0.717, 1.165) is 35.0 Å². The predicted molar refractivity (Wildman–Crippen MR) is 106 cm³/mol. The van der Waals surface area contributed by atoms with Crippen molar-refractivity contribution in [1.82, 2.24) is 25.2 Å². The zero-order valence-electron chi connectivity index (χ0n) is 15.7. The van der Waals surface area contributed by atoms with Gasteiger partial charge in [-0.2, -0.15) is 0 Å². The molecule has 2 aromatic heterocycles. The second kappa shape index (κ2) is 7.42. The first-order chi connectivity index (χ1) is 13.4. The summed E-state index contributed by atoms with van der Waals surface area (Å²) < 4.78 is 0. The molecule has 4 heterocycles. The van der Waals surface area contributed by atoms with E-state index in [1.165, 1.54) is 6.33 Å². The lowest BCUT2D eigenvalue weighted by molar-refractivity contribution is -0.134. The van der Waals surface area contributed by atoms with Gasteiger partial charge >= 0.3 is 0 Å². The second-order valence-electron chi connectivity index (χ2n) is 7.31. The number of hydrogen-bond donors (Lipinski definition) is 2. The van der Waals surface area contributed by atoms with Crippen LogP contribution in [0.1, 0.15) is 19.8 Å². The van der Waals surface area contributed by atoms with E-state index in [9.17, 15) is 14.4 Å². The van der Waals surface area contributed by atoms with Crippen LogP contribution in [-0.4, -0.2) is 68.3 Å². The number of nitrogens with zero attached hydrogens (tertiary/aromatic N) is 4. The highest BCUT2D eigenvalue weighted by atomic mass is 32.2. The summed E-state index contributed by atoms with van der Waals surface area (Å²) in [4.78, 5) is 51.6. The zero-order chi connectivity index (χ0) is 19.8. The fourth-order valence-corrected chi connectivity index (χ4v) is 4.70. The highest BCUT2D eigenvalue weighted by molar-refractivity contribution is 8.15. The summed E-state index contributed by atoms with van der Waals surface area (Å²) in [6.45, 7) is 3.39. The van der Waals surface area contributed by atoms with Gasteiger partial charge < -0.3 is 14.8 Å². The van der Waals surface area contributed by atoms with Crippen LogP contribution in [-0.2, 0) is 9.59 Å². The Hall–Kier alpha value is -2.62. The molecule has 148 valence electrons. The Morgan fingerprint density at radius 3 is 2.96 bits per heavy atom. The number of nitrogens with one attached hydrogen (secondary N) is 2. The number of likely N-dealkylation sites (tertiary alicyclic amines) is 1. The average molecular weight is 402 g/mol. The van der Waals surface area contributed by atoms with E-state index in [2.05, 4.69) is 32.1 Å². The molecule has 4 rings (SSSR count). The van der Waals surface area contributed by atoms with Gasteiger partial charge in [-0.25, -0.2) is 9.97 Å². The average Bonchev–Trinajstić information content (AvgIpc) is 3.27. The molecule has 2 saturated heterocycles. The lowest BCUT2D eigenvalue weighted by Gasteiger charge is -2.42. The number of carbonyl (C=O) groups excluding carboxylic acids is 3. The van der Waals surface area contributed by atoms with Gasteiger partial charge in [-0.15, -0.1) is 0 Å². The first-order valence-electron chi connectivity index (χ1n) is 9.24. The molecule has 3 unspecified atom stereocenters. The minimum Gasteiger partial charge on any atom is -0.354 e. The number of aromatic nitrogens is 3. The van der Waals surface area contributed by atoms with Gasteiger partial charge in [-0.05, 0) is 18.4 Å². The van der Waals surface area contributed by atoms with Gasteiger partial charge in [0.15, 0.2) is 0 Å². The van der Waals surface area contributed by atoms with Crippen molar-refractivity contribution in [2.75, 3.05) is 25.0 Å². The molecule has 0 radical (unpaired) electrons. The van der Waals surface area contributed by atoms with Gasteiger partial charge in [0, 0.05) is 32.8 Å². The Kier molecular flexibility index (Phi) is 4.96. The van der Waals surface area contributed by atoms with Crippen molar-refractivity contribution in [1.29, 1.82) is 0 Å². The number of hydrogen-bond acceptors (Lipinski definition) is 7. The first-order valence-corrected chi connectivity index (χ1v) is 10.1. The van der Waals surface area contributed by atoms with Crippen molar-refractivity contribution in [2.45, 2.75) is 31.1 Å². The third-order valence-electron chi connectivity index (χ3n) is 5.56. The van der Waals surface area contributed by atoms with Gasteiger partial charge in [0.25, 0.3) is 5.24 Å². The smallest absolute Gasteiger partial charge is 0.286 e. The van der Waals surface area contributed by atoms with E-state index in [-0.39, 0.29) is 29.5 Å². The van der Waals surface area contributed by atoms with Crippen molar-refractivity contribution in [3.8, 4) is 0 Å². The molecule has 0 saturated carbocycles. The van der Waals surface area contributed by atoms with Crippen molar-refractivity contribution >= 4 is 45.7 Å². The standard InChI is InChI=1S/C18H22N6O3S/c1-10-4-6-24(14(25)7-13-17(26)22-18(27)28-13)8-12(10)23(2)16-11-3-5-19-15(11)20-9-21-16/h3,5,9-10,12-13H,4,6-8H2,1-2H3,(H,19,20,21)(H,22,26,27). The summed E-state index contributed by atoms with van der Waals surface area (Å²) in [5.41, 5.74) is 0.780. The van der Waals surface area contributed by atoms with E-state index < -0.39 is 5.25 Å². The molecule has 2 aliphatic heterocycles. The number of likely N-dealkylation sites (N-methyl/N-ethyl adjacent to an activating group) is 1. The van der Waals surface area contributed by atoms with Crippen molar-refractivity contribution in [2.24, 2.45) is 5.92 Å². The number of H-pyrrole nitrogens is 1. The topological polar surface area (TPSA) is 111 Å². The van der Waals surface area contributed by atoms with Crippen LogP contribution >= 0.6 is 11.8 Å². The third kappa shape index (κ3) is 3.44. The fourth-order valence-electron chi connectivity index (χ4n) is 3.89. The summed E-state index contributed by atoms with van der Waals surface area (Å²) >= 11 is 0.895. The third-order valence-corrected chi connectivity index (χ3v) is 6.54. The molecular formula is C18H22N6O3S. The molecule has 9 nitrogen and oxygen atoms in total. The molecule has 2 fully saturated rings. The molecule has 3 amide bonds. The van der Waals surface area contributed by atoms with Crippen LogP contribution in [0.5, 0.6) is 0 Å². The van der Waals surface area contributed by atoms with Crippen LogP contribution in [0.4, 0.5) is 10.6 Å². The SMILES string of the molecule is CC1CCN(C(=O)CC2SC(=O)NC2=O)CC1N(C)c1ncnc2[nH]ccc12. The molecular weight excluding hydrogens is 380 g/mol. The number of fused-ring (bicyclic) bond motifs is 1. The van der Waals surface area contributed by atoms with Crippen molar-refractivity contribution in [3.05, 3.63) is 18.6 Å². The van der Waals surface area contributed by atoms with Crippen molar-refractivity contribution in [3.63, 3.8) is 0 Å². The lowest BCUT2D eigenvalue weighted by atomic mass is 9.92. The molecule has 10 heteroatoms. The normalized spacial score (nSPS) is 25.2. The predicted octanol–water partition coefficient (Wildman–Crippen LogP) is 1.37. The van der Waals surface area contributed by atoms with Crippen LogP contribution in [0, 0.1) is 5.92 Å². The highest BCUT2D eigenvalue weighted by Crippen LogP contribution is 2.30. The molecule has 2 aromatic rings. The number of piperidine rings is 1. The Labute approximate surface area is 166 Å². The number of thioether (sulfide) groups is 1. The van der Waals surface area contributed by atoms with Crippen LogP contribution in [0.25, 0.3) is 11.0 Å². The largest absolute Gasteiger partial charge is 0.354 e. The van der Waals surface area contributed by atoms with Crippen LogP contribution in [0.2, 0.25) is 0 Å². The molecule has 0 aliphatic carbocycles. The summed E-state index contributed by atoms with van der Waals surface area (Å²) in [7, 11) is 1.99. The minimum absolute atomic E-state index is 0.0443. The molecule has 2 N–H and O–H groups in total. The van der Waals surface area contributed by atoms with E-state index >= 15 is 0 Å². The fraction of sp³-hybridized carbons (Fsp3) is 0.500. The van der Waals surface area contributed by atoms with E-state index in [0.29, 0.717) is 19.0 Å². The maximum atomic E-state index is 12.8. The Morgan fingerprint density at radius 2 is 2.21 bits per heavy atom. The molecule has 0 bridgehead atoms. The Balaban J connectivity index is 1.48. The molecule has 0 spiro atoms. The number of imide groups is 1. The highest BCUT2D eigenvalue weighted by Gasteiger charge is 2.37. The van der Waals surface area contributed by atoms with Crippen LogP contribution in [0.3, 0.4) is 0 Å². The number of anilines is 1. The molecule has 28 heavy (non-hydrogen) atoms. The van der Waals surface area contributed by atoms with Gasteiger partial charge in [0.1, 0.15) is 23.0 Å². The maximum Gasteiger partial charge on any atom is 0.286 e. The van der Waals surface area contributed by atoms with Crippen LogP contribution < -0.4 is 10.2 Å². The van der Waals surface area contributed by atoms with E-state index in [4.69, 9.17) is 0 Å². The number of amides is 3. The van der Waals surface area contributed by atoms with E-state index in [1.807, 2.05) is 19.3 Å². The van der Waals surface area contributed by atoms with Gasteiger partial charge in [0.05, 0.1) is 11.4 Å². The van der Waals surface area contributed by atoms with E-state index in [1.54, 1.807) is 4.90 Å². The number of rotatable bonds is 4. The van der Waals surface area contributed by atoms with Gasteiger partial charge in [0.2, 0.25) is 11.8 Å². The lowest BCUT2D eigenvalue weighted by Crippen LogP contribution is -2.53. The Morgan fingerprint density at radius 1 is 1.39 bits per heavy atom. The van der Waals surface area contributed by atoms with Crippen LogP contribution in [0.15, 0.2) is 18.6 Å². The maximum absolute atomic E-state index is 12.8. The quantitative estimate of drug-likeness (QED) is 0.794. The molecule has 0 aromatic carbocycles. The Bertz CT molecular complexity index is 931. The van der Waals surface area contributed by atoms with Crippen molar-refractivity contribution < 1.29 is 14.4 Å². The van der Waals surface area contributed by atoms with Gasteiger partial charge in [-0.1, -0.05) is 18.7 Å². The summed E-state index contributed by atoms with van der Waals surface area (Å²) in [6, 6.07) is 2.04. The minimum atomic E-state index is -0.628. The summed E-state index contributed by atoms with van der Waals surface area (Å²) in [5, 5.41) is 2.17. The summed E-state index contributed by atoms with van der Waals surface area (Å²) in [6.07, 6.45) is 4.28. The van der Waals surface area contributed by atoms with Gasteiger partial charge in [-0.3, -0.25) is 19.7 Å². The first kappa shape index (κ1) is 18.7. The number of carbonyl (C=O) groups is 3. The summed E-state index contributed by atoms with van der Waals surface area (Å²) in [5.74, 6) is 0.734. The zero-order valence-corrected chi connectivity index (χ0v) is 16.5. The number of aromatic amines is 1. The monoisotopic (exact) mass is 402 g/mol. The molecule has 3 atom stereocenters. The second-order valence-corrected chi connectivity index (χ2v) is 8.48. The molecule has 2 aliphatic rings.